The van der Waals surface area contributed by atoms with E-state index in [0.717, 1.165) is 0 Å². The average Bonchev–Trinajstić information content (AvgIpc) is 2.87. The molecule has 0 saturated carbocycles. The minimum absolute atomic E-state index is 0.174. The number of hydrogen-bond donors (Lipinski definition) is 0. The number of carbonyl (C=O) groups is 1. The topological polar surface area (TPSA) is 60.7 Å². The number of esters is 1. The molecule has 0 N–H and O–H groups in total. The van der Waals surface area contributed by atoms with E-state index in [9.17, 15) is 9.59 Å². The number of hydrogen-bond acceptors (Lipinski definition) is 5. The van der Waals surface area contributed by atoms with Gasteiger partial charge in [0.15, 0.2) is 0 Å². The lowest BCUT2D eigenvalue weighted by atomic mass is 10.2. The van der Waals surface area contributed by atoms with E-state index in [2.05, 4.69) is 4.98 Å². The Morgan fingerprint density at radius 1 is 1.42 bits per heavy atom. The Bertz CT molecular complexity index is 835. The van der Waals surface area contributed by atoms with Gasteiger partial charge in [-0.05, 0) is 19.1 Å². The van der Waals surface area contributed by atoms with Crippen LogP contribution in [0.15, 0.2) is 33.9 Å². The van der Waals surface area contributed by atoms with Crippen LogP contribution in [0.25, 0.3) is 16.6 Å². The van der Waals surface area contributed by atoms with Crippen LogP contribution in [-0.4, -0.2) is 22.0 Å². The summed E-state index contributed by atoms with van der Waals surface area (Å²) in [6.45, 7) is 2.04. The highest BCUT2D eigenvalue weighted by atomic mass is 32.1. The van der Waals surface area contributed by atoms with E-state index in [1.807, 2.05) is 5.38 Å². The molecular weight excluding hydrogens is 264 g/mol. The Balaban J connectivity index is 2.27. The van der Waals surface area contributed by atoms with Crippen LogP contribution >= 0.6 is 11.3 Å². The maximum atomic E-state index is 12.3. The molecule has 3 heterocycles. The smallest absolute Gasteiger partial charge is 0.339 e. The Labute approximate surface area is 112 Å². The van der Waals surface area contributed by atoms with Gasteiger partial charge >= 0.3 is 5.97 Å². The number of ether oxygens (including phenoxy) is 1. The molecule has 5 nitrogen and oxygen atoms in total. The summed E-state index contributed by atoms with van der Waals surface area (Å²) in [5.41, 5.74) is 1.36. The van der Waals surface area contributed by atoms with Crippen LogP contribution < -0.4 is 5.56 Å². The molecule has 0 fully saturated rings. The van der Waals surface area contributed by atoms with Gasteiger partial charge in [-0.2, -0.15) is 0 Å². The van der Waals surface area contributed by atoms with Gasteiger partial charge < -0.3 is 4.74 Å². The first-order valence-electron chi connectivity index (χ1n) is 5.76. The van der Waals surface area contributed by atoms with Gasteiger partial charge in [0.05, 0.1) is 23.1 Å². The SMILES string of the molecule is CCOC(=O)c1ccc2nc3cscc3c(=O)n2c1. The van der Waals surface area contributed by atoms with E-state index < -0.39 is 5.97 Å². The highest BCUT2D eigenvalue weighted by Gasteiger charge is 2.10. The summed E-state index contributed by atoms with van der Waals surface area (Å²) in [5, 5.41) is 4.15. The molecule has 0 saturated heterocycles. The molecule has 0 aliphatic heterocycles. The van der Waals surface area contributed by atoms with E-state index in [1.165, 1.54) is 21.9 Å². The van der Waals surface area contributed by atoms with E-state index in [1.54, 1.807) is 24.4 Å². The van der Waals surface area contributed by atoms with Crippen molar-refractivity contribution in [2.75, 3.05) is 6.61 Å². The summed E-state index contributed by atoms with van der Waals surface area (Å²) < 4.78 is 6.29. The second-order valence-electron chi connectivity index (χ2n) is 3.95. The van der Waals surface area contributed by atoms with Crippen molar-refractivity contribution in [1.29, 1.82) is 0 Å². The molecule has 0 amide bonds. The first kappa shape index (κ1) is 11.9. The van der Waals surface area contributed by atoms with Gasteiger partial charge in [0.2, 0.25) is 0 Å². The number of aromatic nitrogens is 2. The van der Waals surface area contributed by atoms with Crippen LogP contribution in [0.4, 0.5) is 0 Å². The fourth-order valence-electron chi connectivity index (χ4n) is 1.87. The Morgan fingerprint density at radius 2 is 2.26 bits per heavy atom. The van der Waals surface area contributed by atoms with Crippen LogP contribution in [0.5, 0.6) is 0 Å². The molecule has 0 aliphatic rings. The summed E-state index contributed by atoms with van der Waals surface area (Å²) in [6.07, 6.45) is 1.47. The number of pyridine rings is 1. The van der Waals surface area contributed by atoms with Crippen LogP contribution in [0.2, 0.25) is 0 Å². The fraction of sp³-hybridized carbons (Fsp3) is 0.154. The lowest BCUT2D eigenvalue weighted by Crippen LogP contribution is -2.16. The standard InChI is InChI=1S/C13H10N2O3S/c1-2-18-13(17)8-3-4-11-14-10-7-19-6-9(10)12(16)15(11)5-8/h3-7H,2H2,1H3. The van der Waals surface area contributed by atoms with Crippen LogP contribution in [0, 0.1) is 0 Å². The zero-order valence-corrected chi connectivity index (χ0v) is 10.9. The van der Waals surface area contributed by atoms with Gasteiger partial charge in [0.25, 0.3) is 5.56 Å². The second-order valence-corrected chi connectivity index (χ2v) is 4.70. The van der Waals surface area contributed by atoms with Crippen LogP contribution in [-0.2, 0) is 4.74 Å². The van der Waals surface area contributed by atoms with E-state index >= 15 is 0 Å². The fourth-order valence-corrected chi connectivity index (χ4v) is 2.61. The zero-order chi connectivity index (χ0) is 13.4. The molecule has 19 heavy (non-hydrogen) atoms. The van der Waals surface area contributed by atoms with Crippen LogP contribution in [0.1, 0.15) is 17.3 Å². The highest BCUT2D eigenvalue weighted by molar-refractivity contribution is 7.09. The molecule has 0 radical (unpaired) electrons. The van der Waals surface area contributed by atoms with Crippen molar-refractivity contribution in [3.63, 3.8) is 0 Å². The van der Waals surface area contributed by atoms with Crippen molar-refractivity contribution in [3.05, 3.63) is 45.0 Å². The van der Waals surface area contributed by atoms with Crippen molar-refractivity contribution < 1.29 is 9.53 Å². The molecule has 0 bridgehead atoms. The van der Waals surface area contributed by atoms with Gasteiger partial charge in [0.1, 0.15) is 5.65 Å². The molecule has 0 spiro atoms. The molecule has 6 heteroatoms. The maximum absolute atomic E-state index is 12.3. The molecule has 0 atom stereocenters. The third kappa shape index (κ3) is 1.90. The Morgan fingerprint density at radius 3 is 3.05 bits per heavy atom. The number of rotatable bonds is 2. The minimum Gasteiger partial charge on any atom is -0.462 e. The zero-order valence-electron chi connectivity index (χ0n) is 10.1. The normalized spacial score (nSPS) is 11.0. The number of thiophene rings is 1. The molecule has 0 unspecified atom stereocenters. The maximum Gasteiger partial charge on any atom is 0.339 e. The number of fused-ring (bicyclic) bond motifs is 2. The number of carbonyl (C=O) groups excluding carboxylic acids is 1. The molecule has 3 rings (SSSR count). The van der Waals surface area contributed by atoms with Gasteiger partial charge in [-0.25, -0.2) is 9.78 Å². The van der Waals surface area contributed by atoms with E-state index in [0.29, 0.717) is 28.7 Å². The van der Waals surface area contributed by atoms with Crippen molar-refractivity contribution in [2.24, 2.45) is 0 Å². The lowest BCUT2D eigenvalue weighted by molar-refractivity contribution is 0.0526. The lowest BCUT2D eigenvalue weighted by Gasteiger charge is -2.04. The van der Waals surface area contributed by atoms with Gasteiger partial charge in [-0.15, -0.1) is 11.3 Å². The molecule has 0 aliphatic carbocycles. The van der Waals surface area contributed by atoms with Crippen LogP contribution in [0.3, 0.4) is 0 Å². The van der Waals surface area contributed by atoms with Crippen molar-refractivity contribution in [1.82, 2.24) is 9.38 Å². The quantitative estimate of drug-likeness (QED) is 0.671. The predicted octanol–water partition coefficient (Wildman–Crippen LogP) is 2.09. The summed E-state index contributed by atoms with van der Waals surface area (Å²) in [7, 11) is 0. The largest absolute Gasteiger partial charge is 0.462 e. The molecule has 3 aromatic heterocycles. The summed E-state index contributed by atoms with van der Waals surface area (Å²) in [6, 6.07) is 3.25. The second kappa shape index (κ2) is 4.47. The predicted molar refractivity (Wildman–Crippen MR) is 72.8 cm³/mol. The summed E-state index contributed by atoms with van der Waals surface area (Å²) in [5.74, 6) is -0.443. The molecular formula is C13H10N2O3S. The molecule has 0 aromatic carbocycles. The minimum atomic E-state index is -0.443. The van der Waals surface area contributed by atoms with Crippen molar-refractivity contribution >= 4 is 33.9 Å². The van der Waals surface area contributed by atoms with E-state index in [-0.39, 0.29) is 5.56 Å². The summed E-state index contributed by atoms with van der Waals surface area (Å²) >= 11 is 1.43. The monoisotopic (exact) mass is 274 g/mol. The Kier molecular flexibility index (Phi) is 2.79. The highest BCUT2D eigenvalue weighted by Crippen LogP contribution is 2.14. The van der Waals surface area contributed by atoms with Crippen molar-refractivity contribution in [3.8, 4) is 0 Å². The third-order valence-electron chi connectivity index (χ3n) is 2.76. The number of nitrogens with zero attached hydrogens (tertiary/aromatic N) is 2. The van der Waals surface area contributed by atoms with Gasteiger partial charge in [-0.3, -0.25) is 9.20 Å². The first-order valence-corrected chi connectivity index (χ1v) is 6.70. The van der Waals surface area contributed by atoms with E-state index in [4.69, 9.17) is 4.74 Å². The van der Waals surface area contributed by atoms with Gasteiger partial charge in [-0.1, -0.05) is 0 Å². The average molecular weight is 274 g/mol. The Hall–Kier alpha value is -2.21. The van der Waals surface area contributed by atoms with Crippen molar-refractivity contribution in [2.45, 2.75) is 6.92 Å². The first-order chi connectivity index (χ1) is 9.20. The summed E-state index contributed by atoms with van der Waals surface area (Å²) in [4.78, 5) is 28.3. The third-order valence-corrected chi connectivity index (χ3v) is 3.49. The molecule has 3 aromatic rings. The van der Waals surface area contributed by atoms with Gasteiger partial charge in [0, 0.05) is 17.0 Å². The molecule has 96 valence electrons.